The Kier molecular flexibility index (Phi) is 5.50. The molecule has 0 aliphatic carbocycles. The third-order valence-corrected chi connectivity index (χ3v) is 8.75. The summed E-state index contributed by atoms with van der Waals surface area (Å²) in [7, 11) is 0. The molecule has 0 N–H and O–H groups in total. The van der Waals surface area contributed by atoms with Crippen molar-refractivity contribution in [1.82, 2.24) is 14.1 Å². The summed E-state index contributed by atoms with van der Waals surface area (Å²) in [6, 6.07) is 56.5. The molecule has 0 fully saturated rings. The second kappa shape index (κ2) is 9.82. The number of hydrogen-bond donors (Lipinski definition) is 0. The van der Waals surface area contributed by atoms with Crippen molar-refractivity contribution < 1.29 is 0 Å². The number of aromatic nitrogens is 3. The van der Waals surface area contributed by atoms with Gasteiger partial charge in [0, 0.05) is 33.7 Å². The van der Waals surface area contributed by atoms with Crippen molar-refractivity contribution in [2.24, 2.45) is 0 Å². The third-order valence-electron chi connectivity index (χ3n) is 8.75. The third kappa shape index (κ3) is 3.80. The van der Waals surface area contributed by atoms with Crippen molar-refractivity contribution in [2.75, 3.05) is 0 Å². The lowest BCUT2D eigenvalue weighted by molar-refractivity contribution is 1.18. The van der Waals surface area contributed by atoms with Crippen LogP contribution in [0, 0.1) is 0 Å². The molecule has 6 aromatic carbocycles. The minimum absolute atomic E-state index is 1.01. The molecule has 0 amide bonds. The van der Waals surface area contributed by atoms with E-state index in [1.165, 1.54) is 49.7 Å². The van der Waals surface area contributed by atoms with Crippen LogP contribution >= 0.6 is 0 Å². The lowest BCUT2D eigenvalue weighted by Crippen LogP contribution is -1.94. The summed E-state index contributed by atoms with van der Waals surface area (Å²) in [5, 5.41) is 3.65. The zero-order valence-corrected chi connectivity index (χ0v) is 23.9. The lowest BCUT2D eigenvalue weighted by atomic mass is 10.0. The Morgan fingerprint density at radius 2 is 0.909 bits per heavy atom. The summed E-state index contributed by atoms with van der Waals surface area (Å²) in [5.41, 5.74) is 12.8. The summed E-state index contributed by atoms with van der Waals surface area (Å²) in [6.45, 7) is 0. The first-order valence-corrected chi connectivity index (χ1v) is 15.0. The second-order valence-electron chi connectivity index (χ2n) is 11.3. The average Bonchev–Trinajstić information content (AvgIpc) is 3.61. The Morgan fingerprint density at radius 3 is 1.73 bits per heavy atom. The largest absolute Gasteiger partial charge is 0.309 e. The Bertz CT molecular complexity index is 2480. The monoisotopic (exact) mass is 561 g/mol. The number of pyridine rings is 1. The molecule has 0 unspecified atom stereocenters. The fourth-order valence-electron chi connectivity index (χ4n) is 6.76. The molecule has 206 valence electrons. The van der Waals surface area contributed by atoms with Crippen LogP contribution in [0.3, 0.4) is 0 Å². The maximum atomic E-state index is 4.87. The molecule has 3 heterocycles. The zero-order valence-electron chi connectivity index (χ0n) is 23.9. The number of para-hydroxylation sites is 2. The van der Waals surface area contributed by atoms with Gasteiger partial charge in [-0.1, -0.05) is 91.0 Å². The van der Waals surface area contributed by atoms with Gasteiger partial charge in [0.2, 0.25) is 0 Å². The summed E-state index contributed by atoms with van der Waals surface area (Å²) in [4.78, 5) is 4.87. The van der Waals surface area contributed by atoms with Crippen molar-refractivity contribution in [3.05, 3.63) is 164 Å². The van der Waals surface area contributed by atoms with Crippen LogP contribution in [0.2, 0.25) is 0 Å². The SMILES string of the molecule is c1ccc(-c2cccc(-n3c4ccc(-c5ccc6c(c5)c5ccccc5n6-c5ccccc5)cc4c4ncccc43)c2)cc1. The van der Waals surface area contributed by atoms with Crippen molar-refractivity contribution in [2.45, 2.75) is 0 Å². The first-order valence-electron chi connectivity index (χ1n) is 15.0. The van der Waals surface area contributed by atoms with E-state index in [9.17, 15) is 0 Å². The van der Waals surface area contributed by atoms with Gasteiger partial charge >= 0.3 is 0 Å². The number of hydrogen-bond acceptors (Lipinski definition) is 1. The van der Waals surface area contributed by atoms with Crippen LogP contribution in [-0.2, 0) is 0 Å². The smallest absolute Gasteiger partial charge is 0.0963 e. The Morgan fingerprint density at radius 1 is 0.341 bits per heavy atom. The number of benzene rings is 6. The first kappa shape index (κ1) is 24.6. The average molecular weight is 562 g/mol. The molecule has 9 rings (SSSR count). The predicted octanol–water partition coefficient (Wildman–Crippen LogP) is 10.6. The quantitative estimate of drug-likeness (QED) is 0.210. The van der Waals surface area contributed by atoms with E-state index in [1.807, 2.05) is 12.3 Å². The van der Waals surface area contributed by atoms with Gasteiger partial charge < -0.3 is 9.13 Å². The fraction of sp³-hybridized carbons (Fsp3) is 0. The summed E-state index contributed by atoms with van der Waals surface area (Å²) in [5.74, 6) is 0. The van der Waals surface area contributed by atoms with E-state index >= 15 is 0 Å². The molecule has 3 heteroatoms. The van der Waals surface area contributed by atoms with E-state index in [1.54, 1.807) is 0 Å². The molecule has 9 aromatic rings. The van der Waals surface area contributed by atoms with Crippen LogP contribution < -0.4 is 0 Å². The van der Waals surface area contributed by atoms with Crippen LogP contribution in [0.1, 0.15) is 0 Å². The molecule has 3 nitrogen and oxygen atoms in total. The molecule has 0 aliphatic heterocycles. The molecule has 0 saturated heterocycles. The molecule has 0 radical (unpaired) electrons. The molecule has 0 saturated carbocycles. The van der Waals surface area contributed by atoms with Gasteiger partial charge in [-0.25, -0.2) is 0 Å². The van der Waals surface area contributed by atoms with Gasteiger partial charge in [0.25, 0.3) is 0 Å². The van der Waals surface area contributed by atoms with Gasteiger partial charge in [-0.05, 0) is 89.0 Å². The highest BCUT2D eigenvalue weighted by atomic mass is 15.0. The van der Waals surface area contributed by atoms with Crippen molar-refractivity contribution >= 4 is 43.7 Å². The molecule has 0 atom stereocenters. The van der Waals surface area contributed by atoms with Crippen LogP contribution in [-0.4, -0.2) is 14.1 Å². The Balaban J connectivity index is 1.23. The molecule has 44 heavy (non-hydrogen) atoms. The summed E-state index contributed by atoms with van der Waals surface area (Å²) < 4.78 is 4.70. The zero-order chi connectivity index (χ0) is 29.0. The van der Waals surface area contributed by atoms with Gasteiger partial charge in [-0.2, -0.15) is 0 Å². The highest BCUT2D eigenvalue weighted by Gasteiger charge is 2.16. The molecule has 0 spiro atoms. The van der Waals surface area contributed by atoms with Crippen molar-refractivity contribution in [1.29, 1.82) is 0 Å². The van der Waals surface area contributed by atoms with Crippen LogP contribution in [0.5, 0.6) is 0 Å². The van der Waals surface area contributed by atoms with Crippen molar-refractivity contribution in [3.63, 3.8) is 0 Å². The van der Waals surface area contributed by atoms with Gasteiger partial charge in [0.15, 0.2) is 0 Å². The second-order valence-corrected chi connectivity index (χ2v) is 11.3. The van der Waals surface area contributed by atoms with E-state index in [4.69, 9.17) is 4.98 Å². The van der Waals surface area contributed by atoms with Gasteiger partial charge in [0.05, 0.1) is 27.6 Å². The topological polar surface area (TPSA) is 22.8 Å². The number of fused-ring (bicyclic) bond motifs is 6. The first-order chi connectivity index (χ1) is 21.8. The van der Waals surface area contributed by atoms with Crippen molar-refractivity contribution in [3.8, 4) is 33.6 Å². The predicted molar refractivity (Wildman–Crippen MR) is 184 cm³/mol. The van der Waals surface area contributed by atoms with E-state index in [-0.39, 0.29) is 0 Å². The minimum Gasteiger partial charge on any atom is -0.309 e. The van der Waals surface area contributed by atoms with Gasteiger partial charge in [0.1, 0.15) is 0 Å². The number of rotatable bonds is 4. The summed E-state index contributed by atoms with van der Waals surface area (Å²) in [6.07, 6.45) is 1.89. The van der Waals surface area contributed by atoms with Crippen LogP contribution in [0.4, 0.5) is 0 Å². The Labute approximate surface area is 254 Å². The molecule has 3 aromatic heterocycles. The Hall–Kier alpha value is -5.93. The summed E-state index contributed by atoms with van der Waals surface area (Å²) >= 11 is 0. The van der Waals surface area contributed by atoms with E-state index in [0.29, 0.717) is 0 Å². The highest BCUT2D eigenvalue weighted by Crippen LogP contribution is 2.38. The molecule has 0 bridgehead atoms. The standard InChI is InChI=1S/C41H27N3/c1-3-11-28(12-4-1)29-13-9-16-33(25-29)44-39-23-21-31(27-36(39)41-40(44)19-10-24-42-41)30-20-22-38-35(26-30)34-17-7-8-18-37(34)43(38)32-14-5-2-6-15-32/h1-27H. The highest BCUT2D eigenvalue weighted by molar-refractivity contribution is 6.12. The maximum Gasteiger partial charge on any atom is 0.0963 e. The molecular formula is C41H27N3. The van der Waals surface area contributed by atoms with E-state index in [0.717, 1.165) is 27.6 Å². The van der Waals surface area contributed by atoms with Gasteiger partial charge in [-0.3, -0.25) is 4.98 Å². The normalized spacial score (nSPS) is 11.6. The fourth-order valence-corrected chi connectivity index (χ4v) is 6.76. The van der Waals surface area contributed by atoms with Crippen LogP contribution in [0.25, 0.3) is 77.4 Å². The molecule has 0 aliphatic rings. The number of nitrogens with zero attached hydrogens (tertiary/aromatic N) is 3. The maximum absolute atomic E-state index is 4.87. The van der Waals surface area contributed by atoms with E-state index in [2.05, 4.69) is 161 Å². The lowest BCUT2D eigenvalue weighted by Gasteiger charge is -2.11. The van der Waals surface area contributed by atoms with Gasteiger partial charge in [-0.15, -0.1) is 0 Å². The minimum atomic E-state index is 1.01. The van der Waals surface area contributed by atoms with Crippen LogP contribution in [0.15, 0.2) is 164 Å². The molecular weight excluding hydrogens is 534 g/mol. The van der Waals surface area contributed by atoms with E-state index < -0.39 is 0 Å².